The Labute approximate surface area is 83.9 Å². The molecule has 2 rings (SSSR count). The van der Waals surface area contributed by atoms with Crippen molar-refractivity contribution in [2.24, 2.45) is 0 Å². The summed E-state index contributed by atoms with van der Waals surface area (Å²) in [5, 5.41) is 0.799. The minimum Gasteiger partial charge on any atom is -0.388 e. The topological polar surface area (TPSA) is 26.0 Å². The summed E-state index contributed by atoms with van der Waals surface area (Å²) in [6.45, 7) is 0. The molecule has 4 heteroatoms. The van der Waals surface area contributed by atoms with Crippen LogP contribution in [0.2, 0.25) is 0 Å². The van der Waals surface area contributed by atoms with Crippen molar-refractivity contribution in [3.8, 4) is 0 Å². The molecule has 2 N–H and O–H groups in total. The smallest absolute Gasteiger partial charge is 0.165 e. The van der Waals surface area contributed by atoms with Crippen LogP contribution in [0.4, 0.5) is 9.39 Å². The number of halogens is 2. The van der Waals surface area contributed by atoms with Crippen molar-refractivity contribution in [2.75, 3.05) is 5.73 Å². The van der Waals surface area contributed by atoms with Gasteiger partial charge in [0.15, 0.2) is 5.82 Å². The van der Waals surface area contributed by atoms with Gasteiger partial charge in [-0.2, -0.15) is 0 Å². The van der Waals surface area contributed by atoms with Gasteiger partial charge in [0.1, 0.15) is 5.00 Å². The lowest BCUT2D eigenvalue weighted by molar-refractivity contribution is 0.647. The van der Waals surface area contributed by atoms with Crippen LogP contribution in [0.5, 0.6) is 0 Å². The number of hydrogen-bond donors (Lipinski definition) is 1. The molecule has 1 aromatic carbocycles. The Morgan fingerprint density at radius 3 is 2.92 bits per heavy atom. The highest BCUT2D eigenvalue weighted by Gasteiger charge is 2.11. The number of nitrogen functional groups attached to an aromatic ring is 1. The summed E-state index contributed by atoms with van der Waals surface area (Å²) in [5.41, 5.74) is 6.27. The maximum atomic E-state index is 13.4. The monoisotopic (exact) mass is 215 g/mol. The van der Waals surface area contributed by atoms with Crippen molar-refractivity contribution in [1.29, 1.82) is 0 Å². The van der Waals surface area contributed by atoms with Gasteiger partial charge in [0, 0.05) is 16.0 Å². The fourth-order valence-electron chi connectivity index (χ4n) is 1.31. The van der Waals surface area contributed by atoms with E-state index in [2.05, 4.69) is 0 Å². The predicted molar refractivity (Wildman–Crippen MR) is 55.8 cm³/mol. The highest BCUT2D eigenvalue weighted by atomic mass is 35.5. The first-order valence-electron chi connectivity index (χ1n) is 3.75. The Balaban J connectivity index is 2.87. The Morgan fingerprint density at radius 2 is 2.23 bits per heavy atom. The molecule has 0 spiro atoms. The van der Waals surface area contributed by atoms with Gasteiger partial charge in [-0.05, 0) is 11.6 Å². The lowest BCUT2D eigenvalue weighted by Crippen LogP contribution is -1.84. The minimum atomic E-state index is -0.337. The van der Waals surface area contributed by atoms with Gasteiger partial charge < -0.3 is 5.73 Å². The van der Waals surface area contributed by atoms with E-state index in [9.17, 15) is 4.39 Å². The molecular formula is C9H7ClFNS. The summed E-state index contributed by atoms with van der Waals surface area (Å²) in [6, 6.07) is 5.51. The van der Waals surface area contributed by atoms with Crippen LogP contribution in [0, 0.1) is 5.82 Å². The SMILES string of the molecule is Nc1sc2cccc(CCl)c2c1F. The van der Waals surface area contributed by atoms with Crippen LogP contribution >= 0.6 is 22.9 Å². The quantitative estimate of drug-likeness (QED) is 0.726. The van der Waals surface area contributed by atoms with Crippen molar-refractivity contribution < 1.29 is 4.39 Å². The van der Waals surface area contributed by atoms with Crippen LogP contribution in [0.25, 0.3) is 10.1 Å². The van der Waals surface area contributed by atoms with E-state index in [0.29, 0.717) is 11.3 Å². The third kappa shape index (κ3) is 1.28. The van der Waals surface area contributed by atoms with Gasteiger partial charge in [0.2, 0.25) is 0 Å². The van der Waals surface area contributed by atoms with Crippen molar-refractivity contribution in [3.05, 3.63) is 29.6 Å². The number of hydrogen-bond acceptors (Lipinski definition) is 2. The van der Waals surface area contributed by atoms with Crippen LogP contribution in [-0.4, -0.2) is 0 Å². The van der Waals surface area contributed by atoms with Crippen LogP contribution < -0.4 is 5.73 Å². The third-order valence-electron chi connectivity index (χ3n) is 1.91. The fraction of sp³-hybridized carbons (Fsp3) is 0.111. The van der Waals surface area contributed by atoms with E-state index in [1.165, 1.54) is 11.3 Å². The lowest BCUT2D eigenvalue weighted by atomic mass is 10.1. The summed E-state index contributed by atoms with van der Waals surface area (Å²) in [5.74, 6) is -0.0269. The molecule has 0 aliphatic carbocycles. The molecule has 1 heterocycles. The molecule has 0 fully saturated rings. The second-order valence-electron chi connectivity index (χ2n) is 2.70. The van der Waals surface area contributed by atoms with E-state index in [0.717, 1.165) is 10.3 Å². The molecule has 0 amide bonds. The highest BCUT2D eigenvalue weighted by molar-refractivity contribution is 7.22. The van der Waals surface area contributed by atoms with E-state index in [4.69, 9.17) is 17.3 Å². The number of fused-ring (bicyclic) bond motifs is 1. The van der Waals surface area contributed by atoms with Gasteiger partial charge in [0.05, 0.1) is 0 Å². The molecule has 0 saturated carbocycles. The molecule has 68 valence electrons. The van der Waals surface area contributed by atoms with Crippen molar-refractivity contribution in [3.63, 3.8) is 0 Å². The normalized spacial score (nSPS) is 10.9. The van der Waals surface area contributed by atoms with Gasteiger partial charge in [-0.25, -0.2) is 4.39 Å². The van der Waals surface area contributed by atoms with Gasteiger partial charge >= 0.3 is 0 Å². The number of benzene rings is 1. The van der Waals surface area contributed by atoms with Gasteiger partial charge in [0.25, 0.3) is 0 Å². The Hall–Kier alpha value is -0.800. The molecule has 0 bridgehead atoms. The molecule has 0 atom stereocenters. The first-order valence-corrected chi connectivity index (χ1v) is 5.10. The summed E-state index contributed by atoms with van der Waals surface area (Å²) in [4.78, 5) is 0. The average molecular weight is 216 g/mol. The van der Waals surface area contributed by atoms with Gasteiger partial charge in [-0.15, -0.1) is 22.9 Å². The maximum Gasteiger partial charge on any atom is 0.165 e. The number of nitrogens with two attached hydrogens (primary N) is 1. The first-order chi connectivity index (χ1) is 6.24. The molecule has 1 aromatic heterocycles. The average Bonchev–Trinajstić information content (AvgIpc) is 2.43. The van der Waals surface area contributed by atoms with Crippen molar-refractivity contribution in [1.82, 2.24) is 0 Å². The maximum absolute atomic E-state index is 13.4. The standard InChI is InChI=1S/C9H7ClFNS/c10-4-5-2-1-3-6-7(5)8(11)9(12)13-6/h1-3H,4,12H2. The number of alkyl halides is 1. The molecule has 0 aliphatic heterocycles. The second kappa shape index (κ2) is 3.16. The zero-order valence-electron chi connectivity index (χ0n) is 6.68. The Bertz CT molecular complexity index is 452. The largest absolute Gasteiger partial charge is 0.388 e. The minimum absolute atomic E-state index is 0.229. The fourth-order valence-corrected chi connectivity index (χ4v) is 2.43. The number of thiophene rings is 1. The van der Waals surface area contributed by atoms with E-state index in [-0.39, 0.29) is 10.8 Å². The van der Waals surface area contributed by atoms with Crippen LogP contribution in [-0.2, 0) is 5.88 Å². The zero-order valence-corrected chi connectivity index (χ0v) is 8.25. The summed E-state index contributed by atoms with van der Waals surface area (Å²) < 4.78 is 14.3. The number of anilines is 1. The van der Waals surface area contributed by atoms with Crippen LogP contribution in [0.15, 0.2) is 18.2 Å². The molecule has 2 aromatic rings. The molecule has 0 aliphatic rings. The molecule has 0 radical (unpaired) electrons. The summed E-state index contributed by atoms with van der Waals surface area (Å²) in [6.07, 6.45) is 0. The second-order valence-corrected chi connectivity index (χ2v) is 4.06. The molecule has 0 saturated heterocycles. The molecular weight excluding hydrogens is 209 g/mol. The Morgan fingerprint density at radius 1 is 1.46 bits per heavy atom. The lowest BCUT2D eigenvalue weighted by Gasteiger charge is -1.96. The van der Waals surface area contributed by atoms with Gasteiger partial charge in [-0.1, -0.05) is 12.1 Å². The Kier molecular flexibility index (Phi) is 2.14. The third-order valence-corrected chi connectivity index (χ3v) is 3.16. The van der Waals surface area contributed by atoms with Crippen LogP contribution in [0.1, 0.15) is 5.56 Å². The molecule has 0 unspecified atom stereocenters. The van der Waals surface area contributed by atoms with E-state index in [1.54, 1.807) is 0 Å². The van der Waals surface area contributed by atoms with E-state index >= 15 is 0 Å². The molecule has 1 nitrogen and oxygen atoms in total. The summed E-state index contributed by atoms with van der Waals surface area (Å²) in [7, 11) is 0. The highest BCUT2D eigenvalue weighted by Crippen LogP contribution is 2.34. The first kappa shape index (κ1) is 8.78. The van der Waals surface area contributed by atoms with E-state index < -0.39 is 0 Å². The van der Waals surface area contributed by atoms with Crippen molar-refractivity contribution >= 4 is 38.0 Å². The van der Waals surface area contributed by atoms with Crippen molar-refractivity contribution in [2.45, 2.75) is 5.88 Å². The van der Waals surface area contributed by atoms with E-state index in [1.807, 2.05) is 18.2 Å². The van der Waals surface area contributed by atoms with Crippen LogP contribution in [0.3, 0.4) is 0 Å². The zero-order chi connectivity index (χ0) is 9.42. The predicted octanol–water partition coefficient (Wildman–Crippen LogP) is 3.36. The number of rotatable bonds is 1. The molecule has 13 heavy (non-hydrogen) atoms. The summed E-state index contributed by atoms with van der Waals surface area (Å²) >= 11 is 6.94. The van der Waals surface area contributed by atoms with Gasteiger partial charge in [-0.3, -0.25) is 0 Å².